The summed E-state index contributed by atoms with van der Waals surface area (Å²) in [6.07, 6.45) is 7.20. The molecule has 0 nitrogen and oxygen atoms in total. The van der Waals surface area contributed by atoms with Crippen molar-refractivity contribution in [2.24, 2.45) is 17.8 Å². The van der Waals surface area contributed by atoms with Crippen LogP contribution in [0.25, 0.3) is 0 Å². The Morgan fingerprint density at radius 2 is 1.78 bits per heavy atom. The number of aryl methyl sites for hydroxylation is 1. The van der Waals surface area contributed by atoms with Gasteiger partial charge in [0.05, 0.1) is 0 Å². The summed E-state index contributed by atoms with van der Waals surface area (Å²) in [5, 5.41) is 1.000. The molecule has 1 radical (unpaired) electrons. The molecule has 0 saturated heterocycles. The van der Waals surface area contributed by atoms with Gasteiger partial charge < -0.3 is 0 Å². The van der Waals surface area contributed by atoms with Crippen LogP contribution >= 0.6 is 11.6 Å². The van der Waals surface area contributed by atoms with E-state index in [2.05, 4.69) is 25.1 Å². The van der Waals surface area contributed by atoms with Gasteiger partial charge in [0.1, 0.15) is 0 Å². The van der Waals surface area contributed by atoms with Crippen LogP contribution in [0.5, 0.6) is 0 Å². The third-order valence-corrected chi connectivity index (χ3v) is 5.86. The lowest BCUT2D eigenvalue weighted by Gasteiger charge is -2.54. The molecule has 0 heterocycles. The first-order chi connectivity index (χ1) is 8.72. The van der Waals surface area contributed by atoms with Gasteiger partial charge in [-0.05, 0) is 85.8 Å². The molecule has 4 aliphatic carbocycles. The van der Waals surface area contributed by atoms with Crippen LogP contribution in [0.1, 0.15) is 49.1 Å². The number of halogens is 1. The molecule has 0 aliphatic heterocycles. The highest BCUT2D eigenvalue weighted by Crippen LogP contribution is 2.61. The van der Waals surface area contributed by atoms with E-state index in [1.54, 1.807) is 0 Å². The standard InChI is InChI=1S/C17H20Cl/c1-10-3-2-4-15(18)16(10)17-13-6-11-5-12(8-13)9-14(17)7-11/h2-4,11-13,17H,5-9H2,1H3. The molecule has 4 fully saturated rings. The van der Waals surface area contributed by atoms with Gasteiger partial charge in [0.2, 0.25) is 0 Å². The molecule has 1 heteroatoms. The van der Waals surface area contributed by atoms with Gasteiger partial charge in [-0.15, -0.1) is 0 Å². The van der Waals surface area contributed by atoms with E-state index >= 15 is 0 Å². The summed E-state index contributed by atoms with van der Waals surface area (Å²) in [5.74, 6) is 5.43. The van der Waals surface area contributed by atoms with Gasteiger partial charge in [-0.25, -0.2) is 0 Å². The summed E-state index contributed by atoms with van der Waals surface area (Å²) in [4.78, 5) is 0. The fourth-order valence-corrected chi connectivity index (χ4v) is 5.45. The minimum absolute atomic E-state index is 0.687. The van der Waals surface area contributed by atoms with E-state index in [9.17, 15) is 0 Å². The Morgan fingerprint density at radius 1 is 1.06 bits per heavy atom. The van der Waals surface area contributed by atoms with E-state index in [1.165, 1.54) is 43.2 Å². The van der Waals surface area contributed by atoms with E-state index < -0.39 is 0 Å². The normalized spacial score (nSPS) is 38.3. The number of hydrogen-bond acceptors (Lipinski definition) is 0. The van der Waals surface area contributed by atoms with Crippen molar-refractivity contribution in [1.29, 1.82) is 0 Å². The van der Waals surface area contributed by atoms with Crippen LogP contribution in [0.4, 0.5) is 0 Å². The maximum atomic E-state index is 6.51. The molecule has 0 aromatic heterocycles. The molecule has 3 unspecified atom stereocenters. The zero-order chi connectivity index (χ0) is 12.3. The Bertz CT molecular complexity index is 428. The average molecular weight is 260 g/mol. The summed E-state index contributed by atoms with van der Waals surface area (Å²) in [6.45, 7) is 2.23. The molecule has 4 aliphatic rings. The van der Waals surface area contributed by atoms with Crippen molar-refractivity contribution in [3.8, 4) is 0 Å². The fourth-order valence-electron chi connectivity index (χ4n) is 5.11. The van der Waals surface area contributed by atoms with Gasteiger partial charge in [-0.2, -0.15) is 0 Å². The second-order valence-electron chi connectivity index (χ2n) is 6.71. The van der Waals surface area contributed by atoms with E-state index in [0.717, 1.165) is 22.8 Å². The van der Waals surface area contributed by atoms with Crippen LogP contribution in [-0.2, 0) is 0 Å². The van der Waals surface area contributed by atoms with E-state index in [4.69, 9.17) is 11.6 Å². The lowest BCUT2D eigenvalue weighted by molar-refractivity contribution is 0.0722. The first-order valence-corrected chi connectivity index (χ1v) is 7.69. The molecule has 18 heavy (non-hydrogen) atoms. The van der Waals surface area contributed by atoms with Crippen molar-refractivity contribution in [2.75, 3.05) is 0 Å². The van der Waals surface area contributed by atoms with Crippen molar-refractivity contribution < 1.29 is 0 Å². The third-order valence-electron chi connectivity index (χ3n) is 5.53. The molecule has 3 atom stereocenters. The summed E-state index contributed by atoms with van der Waals surface area (Å²) >= 11 is 6.51. The maximum Gasteiger partial charge on any atom is 0.0443 e. The zero-order valence-corrected chi connectivity index (χ0v) is 11.7. The van der Waals surface area contributed by atoms with Crippen LogP contribution in [0.2, 0.25) is 5.02 Å². The molecule has 5 rings (SSSR count). The topological polar surface area (TPSA) is 0 Å². The fraction of sp³-hybridized carbons (Fsp3) is 0.588. The molecule has 0 spiro atoms. The monoisotopic (exact) mass is 259 g/mol. The Kier molecular flexibility index (Phi) is 2.52. The van der Waals surface area contributed by atoms with Crippen molar-refractivity contribution in [3.05, 3.63) is 40.3 Å². The highest BCUT2D eigenvalue weighted by Gasteiger charge is 2.49. The van der Waals surface area contributed by atoms with Gasteiger partial charge in [0, 0.05) is 5.02 Å². The first-order valence-electron chi connectivity index (χ1n) is 7.32. The van der Waals surface area contributed by atoms with Crippen molar-refractivity contribution >= 4 is 11.6 Å². The number of benzene rings is 1. The molecular weight excluding hydrogens is 240 g/mol. The number of hydrogen-bond donors (Lipinski definition) is 0. The Labute approximate surface area is 115 Å². The second kappa shape index (κ2) is 4.00. The second-order valence-corrected chi connectivity index (χ2v) is 7.12. The molecule has 1 aromatic rings. The molecule has 4 bridgehead atoms. The Balaban J connectivity index is 1.77. The van der Waals surface area contributed by atoms with Gasteiger partial charge in [-0.1, -0.05) is 23.7 Å². The lowest BCUT2D eigenvalue weighted by Crippen LogP contribution is -2.43. The van der Waals surface area contributed by atoms with Gasteiger partial charge in [0.15, 0.2) is 0 Å². The largest absolute Gasteiger partial charge is 0.0840 e. The Hall–Kier alpha value is -0.490. The van der Waals surface area contributed by atoms with Crippen LogP contribution < -0.4 is 0 Å². The highest BCUT2D eigenvalue weighted by atomic mass is 35.5. The van der Waals surface area contributed by atoms with E-state index in [-0.39, 0.29) is 0 Å². The van der Waals surface area contributed by atoms with Crippen LogP contribution in [0.3, 0.4) is 0 Å². The molecule has 0 N–H and O–H groups in total. The van der Waals surface area contributed by atoms with Gasteiger partial charge in [0.25, 0.3) is 0 Å². The first kappa shape index (κ1) is 11.3. The average Bonchev–Trinajstić information content (AvgIpc) is 2.31. The van der Waals surface area contributed by atoms with Crippen molar-refractivity contribution in [1.82, 2.24) is 0 Å². The maximum absolute atomic E-state index is 6.51. The minimum Gasteiger partial charge on any atom is -0.0840 e. The molecule has 0 amide bonds. The lowest BCUT2D eigenvalue weighted by atomic mass is 9.50. The third kappa shape index (κ3) is 1.58. The van der Waals surface area contributed by atoms with E-state index in [0.29, 0.717) is 5.92 Å². The minimum atomic E-state index is 0.687. The summed E-state index contributed by atoms with van der Waals surface area (Å²) in [7, 11) is 0. The molecule has 95 valence electrons. The van der Waals surface area contributed by atoms with Gasteiger partial charge in [-0.3, -0.25) is 0 Å². The quantitative estimate of drug-likeness (QED) is 0.655. The zero-order valence-electron chi connectivity index (χ0n) is 11.0. The smallest absolute Gasteiger partial charge is 0.0443 e. The summed E-state index contributed by atoms with van der Waals surface area (Å²) in [5.41, 5.74) is 2.85. The summed E-state index contributed by atoms with van der Waals surface area (Å²) < 4.78 is 0. The van der Waals surface area contributed by atoms with Gasteiger partial charge >= 0.3 is 0 Å². The Morgan fingerprint density at radius 3 is 2.39 bits per heavy atom. The molecular formula is C17H20Cl. The van der Waals surface area contributed by atoms with Crippen LogP contribution in [0.15, 0.2) is 18.2 Å². The van der Waals surface area contributed by atoms with Crippen LogP contribution in [-0.4, -0.2) is 0 Å². The van der Waals surface area contributed by atoms with Crippen molar-refractivity contribution in [2.45, 2.75) is 44.9 Å². The molecule has 4 saturated carbocycles. The van der Waals surface area contributed by atoms with Crippen LogP contribution in [0, 0.1) is 30.6 Å². The highest BCUT2D eigenvalue weighted by molar-refractivity contribution is 6.31. The predicted molar refractivity (Wildman–Crippen MR) is 75.7 cm³/mol. The predicted octanol–water partition coefficient (Wildman–Crippen LogP) is 5.15. The number of rotatable bonds is 1. The SMILES string of the molecule is Cc1cccc(Cl)c1C1[C]2CC3CC(C2)CC1C3. The van der Waals surface area contributed by atoms with E-state index in [1.807, 2.05) is 5.92 Å². The summed E-state index contributed by atoms with van der Waals surface area (Å²) in [6, 6.07) is 6.39. The van der Waals surface area contributed by atoms with Crippen molar-refractivity contribution in [3.63, 3.8) is 0 Å². The molecule has 1 aromatic carbocycles.